The van der Waals surface area contributed by atoms with Gasteiger partial charge in [-0.1, -0.05) is 18.2 Å². The molecule has 1 saturated heterocycles. The van der Waals surface area contributed by atoms with Gasteiger partial charge in [0.05, 0.1) is 20.3 Å². The summed E-state index contributed by atoms with van der Waals surface area (Å²) in [5.74, 6) is 1.53. The predicted octanol–water partition coefficient (Wildman–Crippen LogP) is 3.50. The molecule has 174 valence electrons. The number of hydrogen-bond acceptors (Lipinski definition) is 6. The van der Waals surface area contributed by atoms with E-state index in [2.05, 4.69) is 27.2 Å². The Kier molecular flexibility index (Phi) is 7.41. The van der Waals surface area contributed by atoms with E-state index < -0.39 is 0 Å². The predicted molar refractivity (Wildman–Crippen MR) is 130 cm³/mol. The van der Waals surface area contributed by atoms with Gasteiger partial charge in [-0.05, 0) is 48.1 Å². The van der Waals surface area contributed by atoms with Gasteiger partial charge in [0.25, 0.3) is 0 Å². The van der Waals surface area contributed by atoms with Crippen molar-refractivity contribution in [1.29, 1.82) is 0 Å². The van der Waals surface area contributed by atoms with Gasteiger partial charge in [0, 0.05) is 50.9 Å². The maximum atomic E-state index is 13.0. The van der Waals surface area contributed by atoms with Crippen LogP contribution in [0.15, 0.2) is 48.5 Å². The van der Waals surface area contributed by atoms with Crippen LogP contribution in [0.25, 0.3) is 11.4 Å². The van der Waals surface area contributed by atoms with Gasteiger partial charge >= 0.3 is 0 Å². The summed E-state index contributed by atoms with van der Waals surface area (Å²) in [5, 5.41) is 7.20. The molecule has 3 aromatic rings. The van der Waals surface area contributed by atoms with Crippen LogP contribution in [0.5, 0.6) is 5.75 Å². The fourth-order valence-corrected chi connectivity index (χ4v) is 4.21. The van der Waals surface area contributed by atoms with E-state index >= 15 is 0 Å². The van der Waals surface area contributed by atoms with Crippen molar-refractivity contribution in [3.8, 4) is 17.1 Å². The maximum absolute atomic E-state index is 13.0. The average Bonchev–Trinajstić information content (AvgIpc) is 3.23. The van der Waals surface area contributed by atoms with Crippen molar-refractivity contribution in [3.05, 3.63) is 58.9 Å². The second kappa shape index (κ2) is 10.6. The number of aromatic amines is 1. The molecule has 8 nitrogen and oxygen atoms in total. The zero-order valence-corrected chi connectivity index (χ0v) is 19.8. The minimum absolute atomic E-state index is 0.0514. The fraction of sp³-hybridized carbons (Fsp3) is 0.375. The molecule has 1 aliphatic rings. The van der Waals surface area contributed by atoms with Crippen LogP contribution in [0.3, 0.4) is 0 Å². The van der Waals surface area contributed by atoms with Crippen LogP contribution in [0.2, 0.25) is 0 Å². The number of nitrogens with one attached hydrogen (secondary N) is 1. The van der Waals surface area contributed by atoms with Crippen molar-refractivity contribution >= 4 is 23.8 Å². The van der Waals surface area contributed by atoms with Crippen molar-refractivity contribution in [3.63, 3.8) is 0 Å². The summed E-state index contributed by atoms with van der Waals surface area (Å²) >= 11 is 5.41. The van der Waals surface area contributed by atoms with E-state index in [0.717, 1.165) is 43.2 Å². The first-order chi connectivity index (χ1) is 16.1. The summed E-state index contributed by atoms with van der Waals surface area (Å²) in [5.41, 5.74) is 3.21. The van der Waals surface area contributed by atoms with Crippen molar-refractivity contribution in [2.24, 2.45) is 0 Å². The number of amides is 1. The quantitative estimate of drug-likeness (QED) is 0.511. The van der Waals surface area contributed by atoms with E-state index in [4.69, 9.17) is 21.7 Å². The number of morpholine rings is 1. The minimum Gasteiger partial charge on any atom is -0.497 e. The highest BCUT2D eigenvalue weighted by atomic mass is 32.1. The molecule has 9 heteroatoms. The molecule has 1 fully saturated rings. The van der Waals surface area contributed by atoms with Gasteiger partial charge in [-0.3, -0.25) is 14.5 Å². The molecule has 2 heterocycles. The molecule has 0 radical (unpaired) electrons. The molecule has 0 saturated carbocycles. The molecule has 4 rings (SSSR count). The van der Waals surface area contributed by atoms with Crippen LogP contribution < -0.4 is 9.64 Å². The first kappa shape index (κ1) is 23.0. The smallest absolute Gasteiger partial charge is 0.224 e. The van der Waals surface area contributed by atoms with E-state index in [1.165, 1.54) is 5.69 Å². The number of nitrogens with zero attached hydrogens (tertiary/aromatic N) is 4. The van der Waals surface area contributed by atoms with Crippen molar-refractivity contribution < 1.29 is 14.3 Å². The lowest BCUT2D eigenvalue weighted by Crippen LogP contribution is -2.37. The third-order valence-electron chi connectivity index (χ3n) is 5.83. The number of aromatic nitrogens is 3. The van der Waals surface area contributed by atoms with Gasteiger partial charge in [0.15, 0.2) is 10.6 Å². The second-order valence-corrected chi connectivity index (χ2v) is 8.35. The zero-order chi connectivity index (χ0) is 23.2. The summed E-state index contributed by atoms with van der Waals surface area (Å²) in [7, 11) is 3.48. The number of carbonyl (C=O) groups excluding carboxylic acids is 1. The van der Waals surface area contributed by atoms with Gasteiger partial charge in [0.1, 0.15) is 5.75 Å². The minimum atomic E-state index is 0.0514. The highest BCUT2D eigenvalue weighted by Crippen LogP contribution is 2.24. The van der Waals surface area contributed by atoms with Crippen molar-refractivity contribution in [2.75, 3.05) is 45.4 Å². The van der Waals surface area contributed by atoms with E-state index in [9.17, 15) is 4.79 Å². The molecule has 1 aliphatic heterocycles. The number of ether oxygens (including phenoxy) is 2. The Labute approximate surface area is 198 Å². The SMILES string of the molecule is COc1ccc(-c2n[nH]c(=S)n2CCC(=O)N(C)Cc2ccccc2N2CCOCC2)cc1. The standard InChI is InChI=1S/C24H29N5O3S/c1-27(17-19-5-3-4-6-21(19)28-13-15-32-16-14-28)22(30)11-12-29-23(25-26-24(29)33)18-7-9-20(31-2)10-8-18/h3-10H,11-17H2,1-2H3,(H,26,33). The van der Waals surface area contributed by atoms with E-state index in [1.54, 1.807) is 12.0 Å². The fourth-order valence-electron chi connectivity index (χ4n) is 3.98. The van der Waals surface area contributed by atoms with Crippen LogP contribution in [0.4, 0.5) is 5.69 Å². The lowest BCUT2D eigenvalue weighted by Gasteiger charge is -2.31. The third kappa shape index (κ3) is 5.43. The third-order valence-corrected chi connectivity index (χ3v) is 6.14. The molecule has 0 bridgehead atoms. The number of hydrogen-bond donors (Lipinski definition) is 1. The van der Waals surface area contributed by atoms with E-state index in [-0.39, 0.29) is 5.91 Å². The molecular formula is C24H29N5O3S. The van der Waals surface area contributed by atoms with E-state index in [0.29, 0.717) is 30.1 Å². The number of methoxy groups -OCH3 is 1. The Balaban J connectivity index is 1.42. The molecule has 0 unspecified atom stereocenters. The summed E-state index contributed by atoms with van der Waals surface area (Å²) in [6.07, 6.45) is 0.327. The molecule has 0 spiro atoms. The van der Waals surface area contributed by atoms with Crippen LogP contribution in [-0.4, -0.2) is 66.0 Å². The Hall–Kier alpha value is -3.17. The summed E-state index contributed by atoms with van der Waals surface area (Å²) in [6, 6.07) is 15.9. The zero-order valence-electron chi connectivity index (χ0n) is 19.0. The molecule has 0 aliphatic carbocycles. The van der Waals surface area contributed by atoms with Gasteiger partial charge in [-0.25, -0.2) is 0 Å². The average molecular weight is 468 g/mol. The summed E-state index contributed by atoms with van der Waals surface area (Å²) in [4.78, 5) is 17.1. The van der Waals surface area contributed by atoms with Crippen LogP contribution >= 0.6 is 12.2 Å². The van der Waals surface area contributed by atoms with Crippen LogP contribution in [0, 0.1) is 4.77 Å². The van der Waals surface area contributed by atoms with Gasteiger partial charge in [-0.15, -0.1) is 0 Å². The highest BCUT2D eigenvalue weighted by Gasteiger charge is 2.18. The molecule has 2 aromatic carbocycles. The number of rotatable bonds is 8. The first-order valence-electron chi connectivity index (χ1n) is 11.0. The van der Waals surface area contributed by atoms with Crippen molar-refractivity contribution in [1.82, 2.24) is 19.7 Å². The molecule has 0 atom stereocenters. The molecule has 1 amide bonds. The monoisotopic (exact) mass is 467 g/mol. The molecule has 1 aromatic heterocycles. The number of carbonyl (C=O) groups is 1. The Bertz CT molecular complexity index is 1140. The van der Waals surface area contributed by atoms with Crippen LogP contribution in [-0.2, 0) is 22.6 Å². The Morgan fingerprint density at radius 2 is 1.91 bits per heavy atom. The first-order valence-corrected chi connectivity index (χ1v) is 11.4. The van der Waals surface area contributed by atoms with Gasteiger partial charge in [0.2, 0.25) is 5.91 Å². The molecule has 33 heavy (non-hydrogen) atoms. The van der Waals surface area contributed by atoms with Gasteiger partial charge < -0.3 is 19.3 Å². The number of anilines is 1. The molecule has 1 N–H and O–H groups in total. The molecular weight excluding hydrogens is 438 g/mol. The Morgan fingerprint density at radius 3 is 2.64 bits per heavy atom. The largest absolute Gasteiger partial charge is 0.497 e. The van der Waals surface area contributed by atoms with Gasteiger partial charge in [-0.2, -0.15) is 5.10 Å². The highest BCUT2D eigenvalue weighted by molar-refractivity contribution is 7.71. The number of benzene rings is 2. The van der Waals surface area contributed by atoms with E-state index in [1.807, 2.05) is 48.0 Å². The number of H-pyrrole nitrogens is 1. The van der Waals surface area contributed by atoms with Crippen LogP contribution in [0.1, 0.15) is 12.0 Å². The normalized spacial score (nSPS) is 13.7. The lowest BCUT2D eigenvalue weighted by atomic mass is 10.1. The maximum Gasteiger partial charge on any atom is 0.224 e. The number of para-hydroxylation sites is 1. The summed E-state index contributed by atoms with van der Waals surface area (Å²) < 4.78 is 13.1. The Morgan fingerprint density at radius 1 is 1.18 bits per heavy atom. The summed E-state index contributed by atoms with van der Waals surface area (Å²) in [6.45, 7) is 4.18. The van der Waals surface area contributed by atoms with Crippen molar-refractivity contribution in [2.45, 2.75) is 19.5 Å². The lowest BCUT2D eigenvalue weighted by molar-refractivity contribution is -0.130. The topological polar surface area (TPSA) is 75.6 Å². The second-order valence-electron chi connectivity index (χ2n) is 7.96.